The Morgan fingerprint density at radius 3 is 2.47 bits per heavy atom. The average molecular weight is 250 g/mol. The molecular formula is C14H22N2S. The Morgan fingerprint density at radius 2 is 1.88 bits per heavy atom. The molecule has 1 heterocycles. The van der Waals surface area contributed by atoms with E-state index in [0.29, 0.717) is 5.92 Å². The molecule has 2 rings (SSSR count). The molecule has 2 N–H and O–H groups in total. The van der Waals surface area contributed by atoms with Crippen molar-refractivity contribution in [1.29, 1.82) is 0 Å². The van der Waals surface area contributed by atoms with E-state index in [2.05, 4.69) is 47.9 Å². The second-order valence-electron chi connectivity index (χ2n) is 4.77. The monoisotopic (exact) mass is 250 g/mol. The molecule has 1 atom stereocenters. The van der Waals surface area contributed by atoms with Crippen molar-refractivity contribution in [3.8, 4) is 0 Å². The molecule has 0 radical (unpaired) electrons. The number of rotatable bonds is 4. The van der Waals surface area contributed by atoms with Crippen molar-refractivity contribution in [3.63, 3.8) is 0 Å². The Hall–Kier alpha value is -0.510. The van der Waals surface area contributed by atoms with E-state index in [1.807, 2.05) is 0 Å². The van der Waals surface area contributed by atoms with Gasteiger partial charge in [0.05, 0.1) is 0 Å². The third-order valence-electron chi connectivity index (χ3n) is 3.41. The van der Waals surface area contributed by atoms with Crippen molar-refractivity contribution in [1.82, 2.24) is 4.90 Å². The topological polar surface area (TPSA) is 29.3 Å². The molecule has 1 aromatic rings. The highest BCUT2D eigenvalue weighted by Gasteiger charge is 2.10. The maximum Gasteiger partial charge on any atom is 0.0234 e. The number of benzene rings is 1. The van der Waals surface area contributed by atoms with Crippen LogP contribution >= 0.6 is 11.8 Å². The van der Waals surface area contributed by atoms with E-state index in [9.17, 15) is 0 Å². The van der Waals surface area contributed by atoms with Gasteiger partial charge < -0.3 is 5.73 Å². The third-order valence-corrected chi connectivity index (χ3v) is 4.35. The molecule has 0 aromatic heterocycles. The van der Waals surface area contributed by atoms with Gasteiger partial charge in [0.2, 0.25) is 0 Å². The molecule has 1 aromatic carbocycles. The first-order valence-electron chi connectivity index (χ1n) is 6.38. The minimum absolute atomic E-state index is 0.468. The van der Waals surface area contributed by atoms with Gasteiger partial charge in [-0.2, -0.15) is 11.8 Å². The summed E-state index contributed by atoms with van der Waals surface area (Å²) in [4.78, 5) is 2.54. The Kier molecular flexibility index (Phi) is 4.89. The van der Waals surface area contributed by atoms with Crippen molar-refractivity contribution >= 4 is 11.8 Å². The molecule has 0 saturated carbocycles. The fraction of sp³-hybridized carbons (Fsp3) is 0.571. The minimum atomic E-state index is 0.468. The molecule has 0 aliphatic carbocycles. The van der Waals surface area contributed by atoms with Crippen molar-refractivity contribution in [2.24, 2.45) is 5.73 Å². The van der Waals surface area contributed by atoms with E-state index in [1.165, 1.54) is 35.7 Å². The maximum absolute atomic E-state index is 5.68. The summed E-state index contributed by atoms with van der Waals surface area (Å²) < 4.78 is 0. The highest BCUT2D eigenvalue weighted by atomic mass is 32.2. The summed E-state index contributed by atoms with van der Waals surface area (Å²) in [5.74, 6) is 3.03. The first-order valence-corrected chi connectivity index (χ1v) is 7.54. The molecule has 1 fully saturated rings. The van der Waals surface area contributed by atoms with Crippen molar-refractivity contribution < 1.29 is 0 Å². The maximum atomic E-state index is 5.68. The van der Waals surface area contributed by atoms with Crippen LogP contribution in [0.5, 0.6) is 0 Å². The fourth-order valence-corrected chi connectivity index (χ4v) is 3.08. The van der Waals surface area contributed by atoms with Crippen LogP contribution in [-0.2, 0) is 6.54 Å². The molecule has 2 nitrogen and oxygen atoms in total. The van der Waals surface area contributed by atoms with Crippen LogP contribution in [0.2, 0.25) is 0 Å². The van der Waals surface area contributed by atoms with Gasteiger partial charge in [0.15, 0.2) is 0 Å². The van der Waals surface area contributed by atoms with Gasteiger partial charge in [-0.05, 0) is 23.6 Å². The number of hydrogen-bond donors (Lipinski definition) is 1. The van der Waals surface area contributed by atoms with E-state index in [1.54, 1.807) is 0 Å². The lowest BCUT2D eigenvalue weighted by Gasteiger charge is -2.26. The molecule has 3 heteroatoms. The molecule has 0 amide bonds. The quantitative estimate of drug-likeness (QED) is 0.889. The van der Waals surface area contributed by atoms with Crippen molar-refractivity contribution in [2.45, 2.75) is 19.4 Å². The molecule has 17 heavy (non-hydrogen) atoms. The Balaban J connectivity index is 1.93. The summed E-state index contributed by atoms with van der Waals surface area (Å²) in [5.41, 5.74) is 8.45. The van der Waals surface area contributed by atoms with Gasteiger partial charge >= 0.3 is 0 Å². The molecule has 0 spiro atoms. The second kappa shape index (κ2) is 6.43. The van der Waals surface area contributed by atoms with Gasteiger partial charge in [-0.25, -0.2) is 0 Å². The van der Waals surface area contributed by atoms with Crippen LogP contribution in [0.25, 0.3) is 0 Å². The van der Waals surface area contributed by atoms with Crippen LogP contribution in [0, 0.1) is 0 Å². The minimum Gasteiger partial charge on any atom is -0.330 e. The Bertz CT molecular complexity index is 331. The summed E-state index contributed by atoms with van der Waals surface area (Å²) in [6, 6.07) is 8.96. The van der Waals surface area contributed by atoms with Gasteiger partial charge in [-0.15, -0.1) is 0 Å². The van der Waals surface area contributed by atoms with E-state index in [0.717, 1.165) is 13.1 Å². The molecule has 1 unspecified atom stereocenters. The lowest BCUT2D eigenvalue weighted by atomic mass is 10.00. The van der Waals surface area contributed by atoms with Gasteiger partial charge in [-0.1, -0.05) is 31.2 Å². The zero-order valence-electron chi connectivity index (χ0n) is 10.6. The van der Waals surface area contributed by atoms with E-state index in [4.69, 9.17) is 5.73 Å². The number of nitrogens with two attached hydrogens (primary N) is 1. The normalized spacial score (nSPS) is 19.2. The molecular weight excluding hydrogens is 228 g/mol. The first-order chi connectivity index (χ1) is 8.29. The number of thioether (sulfide) groups is 1. The molecule has 1 saturated heterocycles. The van der Waals surface area contributed by atoms with Gasteiger partial charge in [0, 0.05) is 31.1 Å². The molecule has 1 aliphatic rings. The number of nitrogens with zero attached hydrogens (tertiary/aromatic N) is 1. The summed E-state index contributed by atoms with van der Waals surface area (Å²) in [7, 11) is 0. The predicted octanol–water partition coefficient (Wildman–Crippen LogP) is 2.30. The highest BCUT2D eigenvalue weighted by Crippen LogP contribution is 2.17. The van der Waals surface area contributed by atoms with Gasteiger partial charge in [0.1, 0.15) is 0 Å². The largest absolute Gasteiger partial charge is 0.330 e. The lowest BCUT2D eigenvalue weighted by Crippen LogP contribution is -2.31. The van der Waals surface area contributed by atoms with Crippen LogP contribution in [0.4, 0.5) is 0 Å². The van der Waals surface area contributed by atoms with E-state index in [-0.39, 0.29) is 0 Å². The summed E-state index contributed by atoms with van der Waals surface area (Å²) >= 11 is 2.06. The van der Waals surface area contributed by atoms with Gasteiger partial charge in [0.25, 0.3) is 0 Å². The van der Waals surface area contributed by atoms with Crippen LogP contribution in [0.1, 0.15) is 24.0 Å². The smallest absolute Gasteiger partial charge is 0.0234 e. The zero-order valence-corrected chi connectivity index (χ0v) is 11.4. The highest BCUT2D eigenvalue weighted by molar-refractivity contribution is 7.99. The number of hydrogen-bond acceptors (Lipinski definition) is 3. The average Bonchev–Trinajstić information content (AvgIpc) is 2.40. The van der Waals surface area contributed by atoms with Crippen LogP contribution in [-0.4, -0.2) is 36.0 Å². The zero-order chi connectivity index (χ0) is 12.1. The van der Waals surface area contributed by atoms with Crippen LogP contribution in [0.3, 0.4) is 0 Å². The summed E-state index contributed by atoms with van der Waals surface area (Å²) in [6.45, 7) is 6.45. The fourth-order valence-electron chi connectivity index (χ4n) is 2.11. The van der Waals surface area contributed by atoms with Crippen molar-refractivity contribution in [2.75, 3.05) is 31.1 Å². The van der Waals surface area contributed by atoms with Crippen molar-refractivity contribution in [3.05, 3.63) is 35.4 Å². The molecule has 94 valence electrons. The first kappa shape index (κ1) is 12.9. The second-order valence-corrected chi connectivity index (χ2v) is 5.99. The Labute approximate surface area is 109 Å². The van der Waals surface area contributed by atoms with Crippen LogP contribution < -0.4 is 5.73 Å². The molecule has 0 bridgehead atoms. The molecule has 1 aliphatic heterocycles. The lowest BCUT2D eigenvalue weighted by molar-refractivity contribution is 0.294. The summed E-state index contributed by atoms with van der Waals surface area (Å²) in [5, 5.41) is 0. The standard InChI is InChI=1S/C14H22N2S/c1-12(10-15)14-4-2-13(3-5-14)11-16-6-8-17-9-7-16/h2-5,12H,6-11,15H2,1H3. The van der Waals surface area contributed by atoms with E-state index >= 15 is 0 Å². The van der Waals surface area contributed by atoms with E-state index < -0.39 is 0 Å². The SMILES string of the molecule is CC(CN)c1ccc(CN2CCSCC2)cc1. The van der Waals surface area contributed by atoms with Gasteiger partial charge in [-0.3, -0.25) is 4.90 Å². The predicted molar refractivity (Wildman–Crippen MR) is 76.5 cm³/mol. The summed E-state index contributed by atoms with van der Waals surface area (Å²) in [6.07, 6.45) is 0. The Morgan fingerprint density at radius 1 is 1.24 bits per heavy atom. The third kappa shape index (κ3) is 3.73. The van der Waals surface area contributed by atoms with Crippen LogP contribution in [0.15, 0.2) is 24.3 Å².